The topological polar surface area (TPSA) is 114 Å². The number of aromatic hydroxyl groups is 1. The van der Waals surface area contributed by atoms with Crippen molar-refractivity contribution in [3.8, 4) is 28.6 Å². The van der Waals surface area contributed by atoms with Crippen molar-refractivity contribution in [2.45, 2.75) is 6.42 Å². The maximum atomic E-state index is 12.6. The number of carbonyl (C=O) groups is 1. The summed E-state index contributed by atoms with van der Waals surface area (Å²) in [7, 11) is 0. The van der Waals surface area contributed by atoms with Crippen molar-refractivity contribution in [2.24, 2.45) is 0 Å². The lowest BCUT2D eigenvalue weighted by Crippen LogP contribution is -2.28. The summed E-state index contributed by atoms with van der Waals surface area (Å²) in [6.45, 7) is 1.04. The van der Waals surface area contributed by atoms with E-state index in [4.69, 9.17) is 9.47 Å². The average molecular weight is 419 g/mol. The van der Waals surface area contributed by atoms with E-state index in [1.54, 1.807) is 24.3 Å². The number of nitrogens with zero attached hydrogens (tertiary/aromatic N) is 1. The molecule has 3 aromatic rings. The summed E-state index contributed by atoms with van der Waals surface area (Å²) in [5.41, 5.74) is 0.399. The number of hydrogen-bond acceptors (Lipinski definition) is 6. The summed E-state index contributed by atoms with van der Waals surface area (Å²) in [4.78, 5) is 31.5. The number of aromatic amines is 1. The Hall–Kier alpha value is -4.07. The van der Waals surface area contributed by atoms with Crippen molar-refractivity contribution in [1.82, 2.24) is 15.3 Å². The molecule has 2 aromatic carbocycles. The zero-order valence-electron chi connectivity index (χ0n) is 16.6. The molecule has 0 atom stereocenters. The molecule has 1 aliphatic rings. The number of carbonyl (C=O) groups excluding carboxylic acids is 1. The predicted octanol–water partition coefficient (Wildman–Crippen LogP) is 2.44. The van der Waals surface area contributed by atoms with Gasteiger partial charge < -0.3 is 24.9 Å². The molecule has 0 spiro atoms. The van der Waals surface area contributed by atoms with Gasteiger partial charge in [0.1, 0.15) is 30.5 Å². The number of fused-ring (bicyclic) bond motifs is 7. The fourth-order valence-electron chi connectivity index (χ4n) is 3.11. The third-order valence-electron chi connectivity index (χ3n) is 4.67. The summed E-state index contributed by atoms with van der Waals surface area (Å²) in [6.07, 6.45) is 4.27. The molecule has 8 heteroatoms. The van der Waals surface area contributed by atoms with E-state index in [0.29, 0.717) is 37.5 Å². The molecule has 1 aliphatic heterocycles. The standard InChI is InChI=1S/C23H21N3O5/c27-20-19-22(28)24-10-9-15-5-3-7-17(13-15)30-11-1-2-12-31-18-8-4-6-16(14-18)21(25-19)26-23(20)29/h1-8,13-14,27H,9-12H2,(H,24,28)(H,25,26,29)/b2-1+. The van der Waals surface area contributed by atoms with Crippen molar-refractivity contribution in [1.29, 1.82) is 0 Å². The summed E-state index contributed by atoms with van der Waals surface area (Å²) in [5, 5.41) is 12.8. The van der Waals surface area contributed by atoms with Gasteiger partial charge in [0.2, 0.25) is 5.75 Å². The number of H-pyrrole nitrogens is 1. The van der Waals surface area contributed by atoms with E-state index in [2.05, 4.69) is 15.3 Å². The van der Waals surface area contributed by atoms with Crippen LogP contribution in [0.4, 0.5) is 0 Å². The van der Waals surface area contributed by atoms with E-state index in [9.17, 15) is 14.7 Å². The normalized spacial score (nSPS) is 15.3. The van der Waals surface area contributed by atoms with Gasteiger partial charge in [-0.2, -0.15) is 0 Å². The minimum Gasteiger partial charge on any atom is -0.501 e. The second kappa shape index (κ2) is 9.17. The van der Waals surface area contributed by atoms with Crippen molar-refractivity contribution in [3.63, 3.8) is 0 Å². The van der Waals surface area contributed by atoms with Crippen LogP contribution in [0.15, 0.2) is 65.5 Å². The number of amides is 1. The van der Waals surface area contributed by atoms with Gasteiger partial charge in [0.25, 0.3) is 11.5 Å². The maximum Gasteiger partial charge on any atom is 0.294 e. The first-order valence-electron chi connectivity index (χ1n) is 9.81. The van der Waals surface area contributed by atoms with E-state index in [1.807, 2.05) is 36.4 Å². The first kappa shape index (κ1) is 20.2. The molecule has 6 bridgehead atoms. The Morgan fingerprint density at radius 2 is 1.65 bits per heavy atom. The Morgan fingerprint density at radius 3 is 2.42 bits per heavy atom. The van der Waals surface area contributed by atoms with E-state index in [-0.39, 0.29) is 11.5 Å². The lowest BCUT2D eigenvalue weighted by atomic mass is 10.1. The van der Waals surface area contributed by atoms with E-state index in [0.717, 1.165) is 11.3 Å². The first-order chi connectivity index (χ1) is 15.1. The van der Waals surface area contributed by atoms with Gasteiger partial charge in [-0.15, -0.1) is 0 Å². The minimum absolute atomic E-state index is 0.160. The summed E-state index contributed by atoms with van der Waals surface area (Å²) < 4.78 is 11.4. The van der Waals surface area contributed by atoms with Crippen molar-refractivity contribution < 1.29 is 19.4 Å². The molecule has 0 saturated heterocycles. The maximum absolute atomic E-state index is 12.6. The van der Waals surface area contributed by atoms with E-state index >= 15 is 0 Å². The Bertz CT molecular complexity index is 1190. The molecule has 4 rings (SSSR count). The largest absolute Gasteiger partial charge is 0.501 e. The molecule has 158 valence electrons. The first-order valence-corrected chi connectivity index (χ1v) is 9.81. The van der Waals surface area contributed by atoms with E-state index < -0.39 is 17.2 Å². The lowest BCUT2D eigenvalue weighted by molar-refractivity contribution is 0.0946. The molecule has 0 aliphatic carbocycles. The highest BCUT2D eigenvalue weighted by Gasteiger charge is 2.18. The van der Waals surface area contributed by atoms with Gasteiger partial charge in [0, 0.05) is 12.1 Å². The van der Waals surface area contributed by atoms with Gasteiger partial charge in [-0.1, -0.05) is 24.3 Å². The van der Waals surface area contributed by atoms with Crippen LogP contribution < -0.4 is 20.3 Å². The Kier molecular flexibility index (Phi) is 5.98. The third kappa shape index (κ3) is 4.92. The molecule has 1 aromatic heterocycles. The van der Waals surface area contributed by atoms with Crippen LogP contribution in [0, 0.1) is 0 Å². The Labute approximate surface area is 178 Å². The highest BCUT2D eigenvalue weighted by Crippen LogP contribution is 2.22. The van der Waals surface area contributed by atoms with Gasteiger partial charge in [0.05, 0.1) is 0 Å². The monoisotopic (exact) mass is 419 g/mol. The van der Waals surface area contributed by atoms with E-state index in [1.165, 1.54) is 0 Å². The molecule has 1 amide bonds. The molecule has 0 saturated carbocycles. The van der Waals surface area contributed by atoms with Crippen LogP contribution in [0.2, 0.25) is 0 Å². The van der Waals surface area contributed by atoms with Crippen LogP contribution in [0.5, 0.6) is 17.2 Å². The fourth-order valence-corrected chi connectivity index (χ4v) is 3.11. The molecule has 31 heavy (non-hydrogen) atoms. The third-order valence-corrected chi connectivity index (χ3v) is 4.67. The highest BCUT2D eigenvalue weighted by atomic mass is 16.5. The van der Waals surface area contributed by atoms with Crippen molar-refractivity contribution in [2.75, 3.05) is 19.8 Å². The van der Waals surface area contributed by atoms with Gasteiger partial charge in [0.15, 0.2) is 5.69 Å². The fraction of sp³-hybridized carbons (Fsp3) is 0.174. The Balaban J connectivity index is 1.68. The minimum atomic E-state index is -0.792. The molecule has 8 nitrogen and oxygen atoms in total. The quantitative estimate of drug-likeness (QED) is 0.483. The van der Waals surface area contributed by atoms with Crippen LogP contribution in [0.3, 0.4) is 0 Å². The molecule has 3 N–H and O–H groups in total. The summed E-state index contributed by atoms with van der Waals surface area (Å²) in [5.74, 6) is 0.0915. The molecule has 2 heterocycles. The van der Waals surface area contributed by atoms with Gasteiger partial charge in [-0.3, -0.25) is 9.59 Å². The van der Waals surface area contributed by atoms with Crippen LogP contribution in [0.1, 0.15) is 16.1 Å². The number of nitrogens with one attached hydrogen (secondary N) is 2. The zero-order valence-corrected chi connectivity index (χ0v) is 16.6. The summed E-state index contributed by atoms with van der Waals surface area (Å²) >= 11 is 0. The second-order valence-electron chi connectivity index (χ2n) is 6.89. The molecular weight excluding hydrogens is 398 g/mol. The number of hydrogen-bond donors (Lipinski definition) is 3. The zero-order chi connectivity index (χ0) is 21.6. The smallest absolute Gasteiger partial charge is 0.294 e. The van der Waals surface area contributed by atoms with Crippen molar-refractivity contribution >= 4 is 5.91 Å². The predicted molar refractivity (Wildman–Crippen MR) is 115 cm³/mol. The molecule has 0 unspecified atom stereocenters. The number of aromatic nitrogens is 2. The second-order valence-corrected chi connectivity index (χ2v) is 6.89. The number of ether oxygens (including phenoxy) is 2. The van der Waals surface area contributed by atoms with Gasteiger partial charge >= 0.3 is 0 Å². The molecule has 0 radical (unpaired) electrons. The lowest BCUT2D eigenvalue weighted by Gasteiger charge is -2.09. The van der Waals surface area contributed by atoms with Crippen LogP contribution >= 0.6 is 0 Å². The Morgan fingerprint density at radius 1 is 0.935 bits per heavy atom. The average Bonchev–Trinajstić information content (AvgIpc) is 2.78. The van der Waals surface area contributed by atoms with Crippen LogP contribution in [-0.2, 0) is 6.42 Å². The van der Waals surface area contributed by atoms with Crippen molar-refractivity contribution in [3.05, 3.63) is 82.3 Å². The van der Waals surface area contributed by atoms with Gasteiger partial charge in [-0.25, -0.2) is 4.98 Å². The van der Waals surface area contributed by atoms with Crippen LogP contribution in [-0.4, -0.2) is 40.7 Å². The van der Waals surface area contributed by atoms with Gasteiger partial charge in [-0.05, 0) is 48.4 Å². The number of rotatable bonds is 0. The molecular formula is C23H21N3O5. The summed E-state index contributed by atoms with van der Waals surface area (Å²) in [6, 6.07) is 14.5. The van der Waals surface area contributed by atoms with Crippen LogP contribution in [0.25, 0.3) is 11.4 Å². The SMILES string of the molecule is O=C1NCCc2cccc(c2)OC/C=C/COc2cccc(c2)-c2nc1c(O)c(=O)[nH]2. The number of benzene rings is 2. The molecule has 0 fully saturated rings. The highest BCUT2D eigenvalue weighted by molar-refractivity contribution is 5.95.